The van der Waals surface area contributed by atoms with E-state index in [-0.39, 0.29) is 12.3 Å². The lowest BCUT2D eigenvalue weighted by molar-refractivity contribution is -0.0224. The molecule has 29 heavy (non-hydrogen) atoms. The highest BCUT2D eigenvalue weighted by atomic mass is 35.5. The molecule has 7 heteroatoms. The van der Waals surface area contributed by atoms with Gasteiger partial charge in [0.15, 0.2) is 0 Å². The molecule has 3 unspecified atom stereocenters. The second-order valence-electron chi connectivity index (χ2n) is 7.56. The Balaban J connectivity index is 1.30. The fourth-order valence-electron chi connectivity index (χ4n) is 3.91. The van der Waals surface area contributed by atoms with Crippen molar-refractivity contribution in [2.24, 2.45) is 5.92 Å². The minimum Gasteiger partial charge on any atom is -0.491 e. The second-order valence-corrected chi connectivity index (χ2v) is 7.95. The Morgan fingerprint density at radius 2 is 2.07 bits per heavy atom. The predicted octanol–water partition coefficient (Wildman–Crippen LogP) is 4.94. The average molecular weight is 409 g/mol. The molecule has 4 heterocycles. The zero-order chi connectivity index (χ0) is 20.0. The van der Waals surface area contributed by atoms with Crippen LogP contribution in [0.4, 0.5) is 0 Å². The van der Waals surface area contributed by atoms with Crippen LogP contribution in [0, 0.1) is 12.8 Å². The Kier molecular flexibility index (Phi) is 4.60. The average Bonchev–Trinajstić information content (AvgIpc) is 3.30. The highest BCUT2D eigenvalue weighted by Crippen LogP contribution is 2.35. The molecule has 148 valence electrons. The quantitative estimate of drug-likeness (QED) is 0.447. The van der Waals surface area contributed by atoms with Crippen molar-refractivity contribution in [1.82, 2.24) is 19.5 Å². The lowest BCUT2D eigenvalue weighted by Gasteiger charge is -2.17. The van der Waals surface area contributed by atoms with Gasteiger partial charge < -0.3 is 14.0 Å². The van der Waals surface area contributed by atoms with Crippen LogP contribution in [0.2, 0.25) is 5.15 Å². The van der Waals surface area contributed by atoms with Crippen LogP contribution in [-0.4, -0.2) is 32.2 Å². The Morgan fingerprint density at radius 3 is 2.97 bits per heavy atom. The molecule has 0 spiro atoms. The van der Waals surface area contributed by atoms with Crippen LogP contribution in [0.15, 0.2) is 48.9 Å². The van der Waals surface area contributed by atoms with Gasteiger partial charge in [0.1, 0.15) is 35.7 Å². The predicted molar refractivity (Wildman–Crippen MR) is 112 cm³/mol. The van der Waals surface area contributed by atoms with Crippen molar-refractivity contribution in [3.63, 3.8) is 0 Å². The third-order valence-electron chi connectivity index (χ3n) is 5.60. The summed E-state index contributed by atoms with van der Waals surface area (Å²) < 4.78 is 14.5. The molecule has 1 aliphatic heterocycles. The van der Waals surface area contributed by atoms with Gasteiger partial charge in [0.25, 0.3) is 0 Å². The summed E-state index contributed by atoms with van der Waals surface area (Å²) in [5.41, 5.74) is 2.71. The third-order valence-corrected chi connectivity index (χ3v) is 5.81. The first-order valence-electron chi connectivity index (χ1n) is 9.71. The fraction of sp³-hybridized carbons (Fsp3) is 0.318. The Labute approximate surface area is 173 Å². The van der Waals surface area contributed by atoms with Gasteiger partial charge in [-0.2, -0.15) is 0 Å². The lowest BCUT2D eigenvalue weighted by Crippen LogP contribution is -2.23. The minimum absolute atomic E-state index is 0.00315. The topological polar surface area (TPSA) is 62.1 Å². The van der Waals surface area contributed by atoms with Crippen molar-refractivity contribution < 1.29 is 9.47 Å². The van der Waals surface area contributed by atoms with E-state index in [1.165, 1.54) is 0 Å². The summed E-state index contributed by atoms with van der Waals surface area (Å²) in [6, 6.07) is 11.6. The molecular weight excluding hydrogens is 388 g/mol. The Morgan fingerprint density at radius 1 is 1.21 bits per heavy atom. The van der Waals surface area contributed by atoms with Gasteiger partial charge >= 0.3 is 0 Å². The number of hydrogen-bond acceptors (Lipinski definition) is 5. The highest BCUT2D eigenvalue weighted by Gasteiger charge is 2.34. The maximum absolute atomic E-state index is 6.34. The summed E-state index contributed by atoms with van der Waals surface area (Å²) in [6.45, 7) is 4.67. The van der Waals surface area contributed by atoms with E-state index in [1.54, 1.807) is 12.4 Å². The standard InChI is InChI=1S/C22H21ClN4O2/c1-13-9-21(27-8-7-17-14(2)24-12-25-22(17)27)29-19(13)11-28-16-5-3-15-4-6-20(23)26-18(15)10-16/h3-8,10,12-13,19,21H,9,11H2,1-2H3. The SMILES string of the molecule is Cc1ncnc2c1ccn2C1CC(C)C(COc2ccc3ccc(Cl)nc3c2)O1. The maximum atomic E-state index is 6.34. The molecule has 0 aliphatic carbocycles. The van der Waals surface area contributed by atoms with E-state index in [4.69, 9.17) is 21.1 Å². The number of halogens is 1. The summed E-state index contributed by atoms with van der Waals surface area (Å²) in [7, 11) is 0. The summed E-state index contributed by atoms with van der Waals surface area (Å²) in [6.07, 6.45) is 4.50. The second kappa shape index (κ2) is 7.28. The van der Waals surface area contributed by atoms with E-state index in [0.29, 0.717) is 17.7 Å². The first kappa shape index (κ1) is 18.3. The van der Waals surface area contributed by atoms with E-state index in [2.05, 4.69) is 32.5 Å². The molecule has 1 saturated heterocycles. The van der Waals surface area contributed by atoms with Crippen LogP contribution in [0.1, 0.15) is 25.3 Å². The fourth-order valence-corrected chi connectivity index (χ4v) is 4.07. The van der Waals surface area contributed by atoms with Crippen LogP contribution < -0.4 is 4.74 Å². The van der Waals surface area contributed by atoms with Gasteiger partial charge in [-0.05, 0) is 49.6 Å². The van der Waals surface area contributed by atoms with Gasteiger partial charge in [0, 0.05) is 23.0 Å². The van der Waals surface area contributed by atoms with Crippen molar-refractivity contribution in [1.29, 1.82) is 0 Å². The van der Waals surface area contributed by atoms with E-state index < -0.39 is 0 Å². The molecule has 0 saturated carbocycles. The summed E-state index contributed by atoms with van der Waals surface area (Å²) in [4.78, 5) is 13.1. The monoisotopic (exact) mass is 408 g/mol. The number of rotatable bonds is 4. The zero-order valence-electron chi connectivity index (χ0n) is 16.2. The molecular formula is C22H21ClN4O2. The Bertz CT molecular complexity index is 1190. The molecule has 0 N–H and O–H groups in total. The van der Waals surface area contributed by atoms with Crippen molar-refractivity contribution >= 4 is 33.5 Å². The molecule has 1 aliphatic rings. The minimum atomic E-state index is -0.0533. The van der Waals surface area contributed by atoms with Crippen molar-refractivity contribution in [3.05, 3.63) is 59.8 Å². The number of nitrogens with zero attached hydrogens (tertiary/aromatic N) is 4. The summed E-state index contributed by atoms with van der Waals surface area (Å²) in [5, 5.41) is 2.57. The van der Waals surface area contributed by atoms with E-state index >= 15 is 0 Å². The molecule has 0 radical (unpaired) electrons. The molecule has 6 nitrogen and oxygen atoms in total. The van der Waals surface area contributed by atoms with Crippen molar-refractivity contribution in [3.8, 4) is 5.75 Å². The number of pyridine rings is 1. The summed E-state index contributed by atoms with van der Waals surface area (Å²) >= 11 is 6.00. The molecule has 3 aromatic heterocycles. The van der Waals surface area contributed by atoms with E-state index in [1.807, 2.05) is 37.4 Å². The van der Waals surface area contributed by atoms with Gasteiger partial charge in [-0.25, -0.2) is 15.0 Å². The number of ether oxygens (including phenoxy) is 2. The number of fused-ring (bicyclic) bond motifs is 2. The van der Waals surface area contributed by atoms with Crippen LogP contribution in [0.25, 0.3) is 21.9 Å². The van der Waals surface area contributed by atoms with Crippen LogP contribution in [-0.2, 0) is 4.74 Å². The largest absolute Gasteiger partial charge is 0.491 e. The van der Waals surface area contributed by atoms with Crippen LogP contribution >= 0.6 is 11.6 Å². The van der Waals surface area contributed by atoms with Gasteiger partial charge in [-0.1, -0.05) is 18.5 Å². The van der Waals surface area contributed by atoms with Crippen molar-refractivity contribution in [2.75, 3.05) is 6.61 Å². The smallest absolute Gasteiger partial charge is 0.145 e. The normalized spacial score (nSPS) is 21.8. The third kappa shape index (κ3) is 3.43. The molecule has 0 amide bonds. The maximum Gasteiger partial charge on any atom is 0.145 e. The van der Waals surface area contributed by atoms with Gasteiger partial charge in [0.05, 0.1) is 17.3 Å². The molecule has 4 aromatic rings. The van der Waals surface area contributed by atoms with Crippen LogP contribution in [0.5, 0.6) is 5.75 Å². The number of aromatic nitrogens is 4. The first-order chi connectivity index (χ1) is 14.1. The van der Waals surface area contributed by atoms with Crippen molar-refractivity contribution in [2.45, 2.75) is 32.6 Å². The number of hydrogen-bond donors (Lipinski definition) is 0. The van der Waals surface area contributed by atoms with E-state index in [9.17, 15) is 0 Å². The van der Waals surface area contributed by atoms with Gasteiger partial charge in [-0.15, -0.1) is 0 Å². The Hall–Kier alpha value is -2.70. The lowest BCUT2D eigenvalue weighted by atomic mass is 10.0. The van der Waals surface area contributed by atoms with E-state index in [0.717, 1.165) is 39.8 Å². The first-order valence-corrected chi connectivity index (χ1v) is 10.1. The molecule has 5 rings (SSSR count). The zero-order valence-corrected chi connectivity index (χ0v) is 17.0. The summed E-state index contributed by atoms with van der Waals surface area (Å²) in [5.74, 6) is 1.13. The van der Waals surface area contributed by atoms with Gasteiger partial charge in [0.2, 0.25) is 0 Å². The van der Waals surface area contributed by atoms with Gasteiger partial charge in [-0.3, -0.25) is 0 Å². The molecule has 1 fully saturated rings. The molecule has 0 bridgehead atoms. The number of benzene rings is 1. The van der Waals surface area contributed by atoms with Crippen LogP contribution in [0.3, 0.4) is 0 Å². The molecule has 1 aromatic carbocycles. The molecule has 3 atom stereocenters. The number of aryl methyl sites for hydroxylation is 1. The highest BCUT2D eigenvalue weighted by molar-refractivity contribution is 6.29.